The Morgan fingerprint density at radius 2 is 1.94 bits per heavy atom. The fourth-order valence-corrected chi connectivity index (χ4v) is 2.76. The Balaban J connectivity index is 1.89. The fourth-order valence-electron chi connectivity index (χ4n) is 2.76. The summed E-state index contributed by atoms with van der Waals surface area (Å²) in [5.74, 6) is 0.785. The van der Waals surface area contributed by atoms with Crippen LogP contribution in [0.25, 0.3) is 0 Å². The molecule has 92 valence electrons. The second-order valence-electron chi connectivity index (χ2n) is 5.75. The molecule has 2 aliphatic carbocycles. The van der Waals surface area contributed by atoms with Gasteiger partial charge in [0.05, 0.1) is 0 Å². The van der Waals surface area contributed by atoms with Crippen LogP contribution >= 0.6 is 0 Å². The lowest BCUT2D eigenvalue weighted by Gasteiger charge is -2.39. The number of carbonyl (C=O) groups is 1. The van der Waals surface area contributed by atoms with Gasteiger partial charge < -0.3 is 10.4 Å². The summed E-state index contributed by atoms with van der Waals surface area (Å²) in [6.07, 6.45) is 7.57. The van der Waals surface area contributed by atoms with E-state index in [2.05, 4.69) is 12.2 Å². The maximum Gasteiger partial charge on any atom is 0.323 e. The van der Waals surface area contributed by atoms with Crippen molar-refractivity contribution in [2.24, 2.45) is 11.8 Å². The first-order chi connectivity index (χ1) is 7.62. The van der Waals surface area contributed by atoms with E-state index >= 15 is 0 Å². The number of hydrogen-bond donors (Lipinski definition) is 2. The van der Waals surface area contributed by atoms with Crippen molar-refractivity contribution in [2.45, 2.75) is 57.4 Å². The lowest BCUT2D eigenvalue weighted by Crippen LogP contribution is -2.55. The van der Waals surface area contributed by atoms with Crippen molar-refractivity contribution < 1.29 is 9.90 Å². The minimum atomic E-state index is -0.640. The first kappa shape index (κ1) is 11.9. The Morgan fingerprint density at radius 1 is 1.31 bits per heavy atom. The van der Waals surface area contributed by atoms with Gasteiger partial charge in [-0.05, 0) is 56.9 Å². The second kappa shape index (κ2) is 4.74. The van der Waals surface area contributed by atoms with Crippen LogP contribution in [0.1, 0.15) is 51.9 Å². The molecule has 3 heteroatoms. The number of hydrogen-bond acceptors (Lipinski definition) is 2. The molecule has 0 aromatic rings. The SMILES string of the molecule is CC1CCC(NCC2CCC2)(C(=O)O)CC1. The van der Waals surface area contributed by atoms with Crippen LogP contribution in [0, 0.1) is 11.8 Å². The number of aliphatic carboxylic acids is 1. The van der Waals surface area contributed by atoms with Crippen LogP contribution in [0.5, 0.6) is 0 Å². The molecule has 0 aliphatic heterocycles. The van der Waals surface area contributed by atoms with Gasteiger partial charge in [-0.2, -0.15) is 0 Å². The average Bonchev–Trinajstić information content (AvgIpc) is 2.18. The largest absolute Gasteiger partial charge is 0.480 e. The van der Waals surface area contributed by atoms with E-state index in [1.165, 1.54) is 19.3 Å². The monoisotopic (exact) mass is 225 g/mol. The summed E-state index contributed by atoms with van der Waals surface area (Å²) in [6, 6.07) is 0. The highest BCUT2D eigenvalue weighted by Gasteiger charge is 2.41. The van der Waals surface area contributed by atoms with Gasteiger partial charge in [-0.25, -0.2) is 0 Å². The molecule has 2 aliphatic rings. The Bertz CT molecular complexity index is 253. The Hall–Kier alpha value is -0.570. The Kier molecular flexibility index (Phi) is 3.53. The van der Waals surface area contributed by atoms with Crippen molar-refractivity contribution in [3.8, 4) is 0 Å². The molecule has 0 heterocycles. The molecule has 16 heavy (non-hydrogen) atoms. The molecule has 0 aromatic heterocycles. The van der Waals surface area contributed by atoms with Gasteiger partial charge in [-0.1, -0.05) is 13.3 Å². The first-order valence-corrected chi connectivity index (χ1v) is 6.61. The summed E-state index contributed by atoms with van der Waals surface area (Å²) in [4.78, 5) is 11.4. The number of nitrogens with one attached hydrogen (secondary N) is 1. The summed E-state index contributed by atoms with van der Waals surface area (Å²) >= 11 is 0. The molecular formula is C13H23NO2. The zero-order valence-corrected chi connectivity index (χ0v) is 10.2. The van der Waals surface area contributed by atoms with Crippen molar-refractivity contribution in [3.05, 3.63) is 0 Å². The van der Waals surface area contributed by atoms with E-state index in [1.807, 2.05) is 0 Å². The van der Waals surface area contributed by atoms with Crippen molar-refractivity contribution in [1.29, 1.82) is 0 Å². The van der Waals surface area contributed by atoms with Gasteiger partial charge in [-0.3, -0.25) is 4.79 Å². The van der Waals surface area contributed by atoms with Crippen LogP contribution in [0.2, 0.25) is 0 Å². The van der Waals surface area contributed by atoms with E-state index < -0.39 is 11.5 Å². The molecule has 2 fully saturated rings. The Labute approximate surface area is 97.6 Å². The van der Waals surface area contributed by atoms with Gasteiger partial charge in [0.25, 0.3) is 0 Å². The van der Waals surface area contributed by atoms with E-state index in [4.69, 9.17) is 0 Å². The molecule has 2 rings (SSSR count). The van der Waals surface area contributed by atoms with Gasteiger partial charge in [0.15, 0.2) is 0 Å². The molecule has 0 spiro atoms. The molecule has 3 nitrogen and oxygen atoms in total. The van der Waals surface area contributed by atoms with Crippen LogP contribution in [-0.4, -0.2) is 23.2 Å². The minimum Gasteiger partial charge on any atom is -0.480 e. The van der Waals surface area contributed by atoms with Crippen LogP contribution in [0.15, 0.2) is 0 Å². The molecule has 0 bridgehead atoms. The van der Waals surface area contributed by atoms with E-state index in [0.717, 1.165) is 38.1 Å². The van der Waals surface area contributed by atoms with Crippen LogP contribution in [-0.2, 0) is 4.79 Å². The highest BCUT2D eigenvalue weighted by atomic mass is 16.4. The quantitative estimate of drug-likeness (QED) is 0.772. The van der Waals surface area contributed by atoms with Gasteiger partial charge >= 0.3 is 5.97 Å². The van der Waals surface area contributed by atoms with Gasteiger partial charge in [-0.15, -0.1) is 0 Å². The molecule has 0 amide bonds. The predicted molar refractivity (Wildman–Crippen MR) is 63.3 cm³/mol. The zero-order valence-electron chi connectivity index (χ0n) is 10.2. The van der Waals surface area contributed by atoms with Crippen molar-refractivity contribution in [1.82, 2.24) is 5.32 Å². The maximum absolute atomic E-state index is 11.4. The summed E-state index contributed by atoms with van der Waals surface area (Å²) < 4.78 is 0. The normalized spacial score (nSPS) is 35.7. The summed E-state index contributed by atoms with van der Waals surface area (Å²) in [6.45, 7) is 3.12. The van der Waals surface area contributed by atoms with E-state index in [0.29, 0.717) is 5.92 Å². The lowest BCUT2D eigenvalue weighted by atomic mass is 9.76. The lowest BCUT2D eigenvalue weighted by molar-refractivity contribution is -0.147. The van der Waals surface area contributed by atoms with E-state index in [9.17, 15) is 9.90 Å². The highest BCUT2D eigenvalue weighted by molar-refractivity contribution is 5.78. The summed E-state index contributed by atoms with van der Waals surface area (Å²) in [7, 11) is 0. The van der Waals surface area contributed by atoms with E-state index in [1.54, 1.807) is 0 Å². The smallest absolute Gasteiger partial charge is 0.323 e. The number of carboxylic acids is 1. The zero-order chi connectivity index (χ0) is 11.6. The van der Waals surface area contributed by atoms with Gasteiger partial charge in [0, 0.05) is 0 Å². The van der Waals surface area contributed by atoms with Crippen molar-refractivity contribution in [2.75, 3.05) is 6.54 Å². The predicted octanol–water partition coefficient (Wildman–Crippen LogP) is 2.41. The third-order valence-corrected chi connectivity index (χ3v) is 4.49. The Morgan fingerprint density at radius 3 is 2.38 bits per heavy atom. The molecule has 2 N–H and O–H groups in total. The third-order valence-electron chi connectivity index (χ3n) is 4.49. The van der Waals surface area contributed by atoms with Gasteiger partial charge in [0.1, 0.15) is 5.54 Å². The van der Waals surface area contributed by atoms with Crippen LogP contribution < -0.4 is 5.32 Å². The summed E-state index contributed by atoms with van der Waals surface area (Å²) in [5, 5.41) is 12.8. The van der Waals surface area contributed by atoms with Crippen molar-refractivity contribution >= 4 is 5.97 Å². The summed E-state index contributed by atoms with van der Waals surface area (Å²) in [5.41, 5.74) is -0.609. The van der Waals surface area contributed by atoms with Crippen LogP contribution in [0.4, 0.5) is 0 Å². The number of carboxylic acid groups (broad SMARTS) is 1. The topological polar surface area (TPSA) is 49.3 Å². The van der Waals surface area contributed by atoms with Crippen LogP contribution in [0.3, 0.4) is 0 Å². The molecule has 0 unspecified atom stereocenters. The third kappa shape index (κ3) is 2.40. The standard InChI is InChI=1S/C13H23NO2/c1-10-5-7-13(8-6-10,12(15)16)14-9-11-3-2-4-11/h10-11,14H,2-9H2,1H3,(H,15,16). The van der Waals surface area contributed by atoms with Crippen molar-refractivity contribution in [3.63, 3.8) is 0 Å². The maximum atomic E-state index is 11.4. The van der Waals surface area contributed by atoms with Gasteiger partial charge in [0.2, 0.25) is 0 Å². The molecule has 0 aromatic carbocycles. The highest BCUT2D eigenvalue weighted by Crippen LogP contribution is 2.33. The molecular weight excluding hydrogens is 202 g/mol. The minimum absolute atomic E-state index is 0.609. The number of rotatable bonds is 4. The molecule has 0 saturated heterocycles. The van der Waals surface area contributed by atoms with E-state index in [-0.39, 0.29) is 0 Å². The molecule has 2 saturated carbocycles. The molecule has 0 atom stereocenters. The second-order valence-corrected chi connectivity index (χ2v) is 5.75. The average molecular weight is 225 g/mol. The fraction of sp³-hybridized carbons (Fsp3) is 0.923. The molecule has 0 radical (unpaired) electrons. The first-order valence-electron chi connectivity index (χ1n) is 6.61.